The molecule has 162 valence electrons. The summed E-state index contributed by atoms with van der Waals surface area (Å²) in [6.45, 7) is 4.97. The largest absolute Gasteiger partial charge is 0.325 e. The number of anilines is 1. The molecule has 0 atom stereocenters. The van der Waals surface area contributed by atoms with E-state index < -0.39 is 15.6 Å². The van der Waals surface area contributed by atoms with Gasteiger partial charge in [-0.3, -0.25) is 10.1 Å². The Morgan fingerprint density at radius 3 is 2.43 bits per heavy atom. The maximum atomic E-state index is 12.7. The number of halogens is 2. The standard InChI is InChI=1S/C21H25Cl2N3O3S/c1-21(2,15-8-9-18(22)19(23)12-15)24-14-20(27)25-16-6-5-7-17(13-16)30(28,29)26-10-3-4-11-26/h5-9,12-13,24H,3-4,10-11,14H2,1-2H3,(H,25,27). The Morgan fingerprint density at radius 1 is 1.07 bits per heavy atom. The van der Waals surface area contributed by atoms with Gasteiger partial charge in [0.05, 0.1) is 21.5 Å². The summed E-state index contributed by atoms with van der Waals surface area (Å²) in [5, 5.41) is 6.87. The van der Waals surface area contributed by atoms with E-state index in [-0.39, 0.29) is 17.3 Å². The molecule has 0 aromatic heterocycles. The van der Waals surface area contributed by atoms with E-state index in [1.54, 1.807) is 30.3 Å². The molecule has 1 amide bonds. The maximum absolute atomic E-state index is 12.7. The molecule has 0 saturated carbocycles. The highest BCUT2D eigenvalue weighted by Crippen LogP contribution is 2.28. The highest BCUT2D eigenvalue weighted by molar-refractivity contribution is 7.89. The Morgan fingerprint density at radius 2 is 1.77 bits per heavy atom. The summed E-state index contributed by atoms with van der Waals surface area (Å²) in [7, 11) is -3.53. The van der Waals surface area contributed by atoms with Gasteiger partial charge in [0.15, 0.2) is 0 Å². The molecule has 30 heavy (non-hydrogen) atoms. The van der Waals surface area contributed by atoms with E-state index in [9.17, 15) is 13.2 Å². The summed E-state index contributed by atoms with van der Waals surface area (Å²) in [6.07, 6.45) is 1.74. The fraction of sp³-hybridized carbons (Fsp3) is 0.381. The van der Waals surface area contributed by atoms with Crippen LogP contribution in [0.25, 0.3) is 0 Å². The Hall–Kier alpha value is -1.64. The van der Waals surface area contributed by atoms with Crippen molar-refractivity contribution in [3.05, 3.63) is 58.1 Å². The molecule has 1 fully saturated rings. The molecule has 9 heteroatoms. The number of nitrogens with zero attached hydrogens (tertiary/aromatic N) is 1. The number of carbonyl (C=O) groups excluding carboxylic acids is 1. The Bertz CT molecular complexity index is 1040. The predicted octanol–water partition coefficient (Wildman–Crippen LogP) is 4.24. The third-order valence-corrected chi connectivity index (χ3v) is 7.79. The lowest BCUT2D eigenvalue weighted by Gasteiger charge is -2.27. The zero-order valence-electron chi connectivity index (χ0n) is 16.9. The number of amides is 1. The van der Waals surface area contributed by atoms with Crippen LogP contribution in [-0.2, 0) is 20.4 Å². The molecule has 3 rings (SSSR count). The van der Waals surface area contributed by atoms with Crippen molar-refractivity contribution >= 4 is 44.8 Å². The predicted molar refractivity (Wildman–Crippen MR) is 121 cm³/mol. The minimum Gasteiger partial charge on any atom is -0.325 e. The first-order valence-corrected chi connectivity index (χ1v) is 11.9. The van der Waals surface area contributed by atoms with Gasteiger partial charge in [0.25, 0.3) is 0 Å². The Balaban J connectivity index is 1.64. The van der Waals surface area contributed by atoms with Gasteiger partial charge >= 0.3 is 0 Å². The summed E-state index contributed by atoms with van der Waals surface area (Å²) in [6, 6.07) is 11.7. The first-order chi connectivity index (χ1) is 14.1. The SMILES string of the molecule is CC(C)(NCC(=O)Nc1cccc(S(=O)(=O)N2CCCC2)c1)c1ccc(Cl)c(Cl)c1. The van der Waals surface area contributed by atoms with Gasteiger partial charge in [0.1, 0.15) is 0 Å². The van der Waals surface area contributed by atoms with E-state index in [4.69, 9.17) is 23.2 Å². The first-order valence-electron chi connectivity index (χ1n) is 9.70. The molecule has 2 aromatic rings. The van der Waals surface area contributed by atoms with Crippen molar-refractivity contribution in [3.63, 3.8) is 0 Å². The second kappa shape index (κ2) is 9.24. The number of hydrogen-bond donors (Lipinski definition) is 2. The molecule has 2 N–H and O–H groups in total. The average Bonchev–Trinajstić information content (AvgIpc) is 3.24. The van der Waals surface area contributed by atoms with Crippen molar-refractivity contribution in [1.29, 1.82) is 0 Å². The number of hydrogen-bond acceptors (Lipinski definition) is 4. The summed E-state index contributed by atoms with van der Waals surface area (Å²) in [5.41, 5.74) is 0.810. The zero-order valence-corrected chi connectivity index (χ0v) is 19.2. The van der Waals surface area contributed by atoms with Gasteiger partial charge in [0, 0.05) is 24.3 Å². The van der Waals surface area contributed by atoms with Crippen LogP contribution in [0, 0.1) is 0 Å². The molecule has 2 aromatic carbocycles. The van der Waals surface area contributed by atoms with Gasteiger partial charge in [-0.1, -0.05) is 35.3 Å². The van der Waals surface area contributed by atoms with Gasteiger partial charge in [-0.05, 0) is 62.6 Å². The van der Waals surface area contributed by atoms with Crippen molar-refractivity contribution in [2.75, 3.05) is 25.0 Å². The topological polar surface area (TPSA) is 78.5 Å². The smallest absolute Gasteiger partial charge is 0.243 e. The van der Waals surface area contributed by atoms with Gasteiger partial charge in [0.2, 0.25) is 15.9 Å². The summed E-state index contributed by atoms with van der Waals surface area (Å²) in [5.74, 6) is -0.279. The molecule has 1 saturated heterocycles. The molecule has 1 aliphatic rings. The highest BCUT2D eigenvalue weighted by Gasteiger charge is 2.27. The quantitative estimate of drug-likeness (QED) is 0.635. The van der Waals surface area contributed by atoms with Crippen LogP contribution in [0.3, 0.4) is 0 Å². The van der Waals surface area contributed by atoms with Crippen LogP contribution >= 0.6 is 23.2 Å². The molecule has 0 spiro atoms. The van der Waals surface area contributed by atoms with Crippen LogP contribution in [0.15, 0.2) is 47.4 Å². The third kappa shape index (κ3) is 5.34. The van der Waals surface area contributed by atoms with Gasteiger partial charge in [-0.2, -0.15) is 4.31 Å². The van der Waals surface area contributed by atoms with Gasteiger partial charge in [-0.15, -0.1) is 0 Å². The first kappa shape index (κ1) is 23.0. The average molecular weight is 470 g/mol. The lowest BCUT2D eigenvalue weighted by Crippen LogP contribution is -2.41. The van der Waals surface area contributed by atoms with Crippen molar-refractivity contribution in [1.82, 2.24) is 9.62 Å². The van der Waals surface area contributed by atoms with Crippen molar-refractivity contribution in [3.8, 4) is 0 Å². The molecule has 6 nitrogen and oxygen atoms in total. The number of benzene rings is 2. The minimum atomic E-state index is -3.53. The van der Waals surface area contributed by atoms with E-state index >= 15 is 0 Å². The van der Waals surface area contributed by atoms with Crippen LogP contribution in [0.2, 0.25) is 10.0 Å². The number of carbonyl (C=O) groups is 1. The van der Waals surface area contributed by atoms with E-state index in [1.165, 1.54) is 10.4 Å². The minimum absolute atomic E-state index is 0.0380. The molecule has 0 unspecified atom stereocenters. The molecule has 1 aliphatic heterocycles. The zero-order chi connectivity index (χ0) is 21.9. The fourth-order valence-corrected chi connectivity index (χ4v) is 5.17. The molecular weight excluding hydrogens is 445 g/mol. The molecule has 0 aliphatic carbocycles. The summed E-state index contributed by atoms with van der Waals surface area (Å²) in [4.78, 5) is 12.6. The van der Waals surface area contributed by atoms with Crippen LogP contribution < -0.4 is 10.6 Å². The monoisotopic (exact) mass is 469 g/mol. The van der Waals surface area contributed by atoms with Crippen LogP contribution in [0.5, 0.6) is 0 Å². The van der Waals surface area contributed by atoms with E-state index in [0.29, 0.717) is 28.8 Å². The molecular formula is C21H25Cl2N3O3S. The Labute approximate surface area is 187 Å². The summed E-state index contributed by atoms with van der Waals surface area (Å²) < 4.78 is 26.9. The van der Waals surface area contributed by atoms with E-state index in [1.807, 2.05) is 19.9 Å². The Kier molecular flexibility index (Phi) is 7.09. The molecule has 0 radical (unpaired) electrons. The van der Waals surface area contributed by atoms with Crippen molar-refractivity contribution in [2.24, 2.45) is 0 Å². The van der Waals surface area contributed by atoms with Crippen LogP contribution in [0.1, 0.15) is 32.3 Å². The molecule has 1 heterocycles. The van der Waals surface area contributed by atoms with Crippen molar-refractivity contribution in [2.45, 2.75) is 37.1 Å². The van der Waals surface area contributed by atoms with Gasteiger partial charge in [-0.25, -0.2) is 8.42 Å². The lowest BCUT2D eigenvalue weighted by atomic mass is 9.94. The normalized spacial score (nSPS) is 15.3. The van der Waals surface area contributed by atoms with Crippen LogP contribution in [0.4, 0.5) is 5.69 Å². The van der Waals surface area contributed by atoms with Crippen LogP contribution in [-0.4, -0.2) is 38.3 Å². The fourth-order valence-electron chi connectivity index (χ4n) is 3.31. The van der Waals surface area contributed by atoms with E-state index in [0.717, 1.165) is 18.4 Å². The second-order valence-corrected chi connectivity index (χ2v) is 10.5. The van der Waals surface area contributed by atoms with Crippen molar-refractivity contribution < 1.29 is 13.2 Å². The third-order valence-electron chi connectivity index (χ3n) is 5.15. The molecule has 0 bridgehead atoms. The highest BCUT2D eigenvalue weighted by atomic mass is 35.5. The maximum Gasteiger partial charge on any atom is 0.243 e. The van der Waals surface area contributed by atoms with Gasteiger partial charge < -0.3 is 5.32 Å². The number of rotatable bonds is 7. The number of nitrogens with one attached hydrogen (secondary N) is 2. The second-order valence-electron chi connectivity index (χ2n) is 7.79. The summed E-state index contributed by atoms with van der Waals surface area (Å²) >= 11 is 12.1. The van der Waals surface area contributed by atoms with E-state index in [2.05, 4.69) is 10.6 Å². The number of sulfonamides is 1. The lowest BCUT2D eigenvalue weighted by molar-refractivity contribution is -0.115.